The van der Waals surface area contributed by atoms with E-state index >= 15 is 0 Å². The molecular weight excluding hydrogens is 348 g/mol. The molecule has 0 unspecified atom stereocenters. The predicted octanol–water partition coefficient (Wildman–Crippen LogP) is 3.94. The molecule has 1 amide bonds. The van der Waals surface area contributed by atoms with Crippen molar-refractivity contribution in [2.24, 2.45) is 0 Å². The van der Waals surface area contributed by atoms with Gasteiger partial charge in [-0.2, -0.15) is 0 Å². The molecule has 1 aliphatic rings. The monoisotopic (exact) mass is 368 g/mol. The number of amides is 1. The number of thiazole rings is 1. The highest BCUT2D eigenvalue weighted by atomic mass is 32.1. The first-order valence-corrected chi connectivity index (χ1v) is 9.42. The second-order valence-corrected chi connectivity index (χ2v) is 7.27. The Labute approximate surface area is 156 Å². The van der Waals surface area contributed by atoms with Crippen molar-refractivity contribution >= 4 is 27.5 Å². The molecule has 1 aliphatic heterocycles. The molecule has 0 bridgehead atoms. The summed E-state index contributed by atoms with van der Waals surface area (Å²) >= 11 is 1.58. The van der Waals surface area contributed by atoms with Crippen LogP contribution in [0.25, 0.3) is 10.2 Å². The van der Waals surface area contributed by atoms with E-state index in [0.29, 0.717) is 12.1 Å². The number of nitrogens with zero attached hydrogens (tertiary/aromatic N) is 2. The zero-order chi connectivity index (χ0) is 18.1. The third-order valence-corrected chi connectivity index (χ3v) is 5.74. The van der Waals surface area contributed by atoms with Crippen LogP contribution in [-0.2, 0) is 0 Å². The first kappa shape index (κ1) is 16.8. The fourth-order valence-electron chi connectivity index (χ4n) is 3.53. The molecule has 5 nitrogen and oxygen atoms in total. The first-order chi connectivity index (χ1) is 12.7. The highest BCUT2D eigenvalue weighted by molar-refractivity contribution is 7.16. The van der Waals surface area contributed by atoms with E-state index in [2.05, 4.69) is 4.98 Å². The van der Waals surface area contributed by atoms with Crippen LogP contribution in [0.4, 0.5) is 0 Å². The van der Waals surface area contributed by atoms with Crippen molar-refractivity contribution < 1.29 is 14.3 Å². The average molecular weight is 368 g/mol. The van der Waals surface area contributed by atoms with Gasteiger partial charge in [0.05, 0.1) is 29.9 Å². The van der Waals surface area contributed by atoms with Gasteiger partial charge < -0.3 is 14.4 Å². The number of hydrogen-bond acceptors (Lipinski definition) is 5. The molecule has 2 aromatic carbocycles. The molecule has 1 aromatic heterocycles. The number of benzene rings is 2. The summed E-state index contributed by atoms with van der Waals surface area (Å²) in [7, 11) is 3.33. The van der Waals surface area contributed by atoms with E-state index in [1.54, 1.807) is 31.1 Å². The third-order valence-electron chi connectivity index (χ3n) is 4.93. The van der Waals surface area contributed by atoms with Gasteiger partial charge in [0, 0.05) is 30.1 Å². The largest absolute Gasteiger partial charge is 0.497 e. The topological polar surface area (TPSA) is 51.7 Å². The first-order valence-electron chi connectivity index (χ1n) is 8.54. The minimum Gasteiger partial charge on any atom is -0.497 e. The van der Waals surface area contributed by atoms with Crippen LogP contribution >= 0.6 is 11.3 Å². The van der Waals surface area contributed by atoms with E-state index in [0.717, 1.165) is 40.2 Å². The Hall–Kier alpha value is -2.60. The van der Waals surface area contributed by atoms with Crippen molar-refractivity contribution in [2.45, 2.75) is 12.3 Å². The Morgan fingerprint density at radius 3 is 2.88 bits per heavy atom. The molecule has 1 atom stereocenters. The van der Waals surface area contributed by atoms with E-state index in [4.69, 9.17) is 9.47 Å². The van der Waals surface area contributed by atoms with Crippen molar-refractivity contribution in [3.05, 3.63) is 53.0 Å². The lowest BCUT2D eigenvalue weighted by Gasteiger charge is -2.18. The lowest BCUT2D eigenvalue weighted by Crippen LogP contribution is -2.28. The van der Waals surface area contributed by atoms with E-state index in [9.17, 15) is 4.79 Å². The van der Waals surface area contributed by atoms with Gasteiger partial charge in [0.2, 0.25) is 0 Å². The quantitative estimate of drug-likeness (QED) is 0.700. The normalized spacial score (nSPS) is 16.8. The van der Waals surface area contributed by atoms with Crippen molar-refractivity contribution in [3.63, 3.8) is 0 Å². The van der Waals surface area contributed by atoms with Crippen molar-refractivity contribution in [1.82, 2.24) is 9.88 Å². The van der Waals surface area contributed by atoms with Crippen LogP contribution < -0.4 is 9.47 Å². The summed E-state index contributed by atoms with van der Waals surface area (Å²) < 4.78 is 12.0. The number of carbonyl (C=O) groups is 1. The molecule has 26 heavy (non-hydrogen) atoms. The lowest BCUT2D eigenvalue weighted by atomic mass is 9.97. The zero-order valence-electron chi connectivity index (χ0n) is 14.8. The predicted molar refractivity (Wildman–Crippen MR) is 102 cm³/mol. The number of hydrogen-bond donors (Lipinski definition) is 0. The Morgan fingerprint density at radius 2 is 2.08 bits per heavy atom. The van der Waals surface area contributed by atoms with Gasteiger partial charge in [0.15, 0.2) is 0 Å². The highest BCUT2D eigenvalue weighted by Gasteiger charge is 2.30. The number of rotatable bonds is 4. The number of likely N-dealkylation sites (tertiary alicyclic amines) is 1. The number of methoxy groups -OCH3 is 2. The number of fused-ring (bicyclic) bond motifs is 1. The molecule has 1 saturated heterocycles. The van der Waals surface area contributed by atoms with Gasteiger partial charge >= 0.3 is 0 Å². The molecule has 134 valence electrons. The van der Waals surface area contributed by atoms with Gasteiger partial charge in [-0.3, -0.25) is 4.79 Å². The molecule has 0 saturated carbocycles. The fraction of sp³-hybridized carbons (Fsp3) is 0.300. The Kier molecular flexibility index (Phi) is 4.51. The maximum absolute atomic E-state index is 12.9. The van der Waals surface area contributed by atoms with Crippen molar-refractivity contribution in [2.75, 3.05) is 27.3 Å². The molecular formula is C20H20N2O3S. The Balaban J connectivity index is 1.55. The molecule has 0 N–H and O–H groups in total. The van der Waals surface area contributed by atoms with Crippen molar-refractivity contribution in [1.29, 1.82) is 0 Å². The molecule has 4 rings (SSSR count). The summed E-state index contributed by atoms with van der Waals surface area (Å²) in [5.41, 5.74) is 4.48. The molecule has 1 fully saturated rings. The van der Waals surface area contributed by atoms with Crippen LogP contribution in [0.15, 0.2) is 41.9 Å². The molecule has 2 heterocycles. The average Bonchev–Trinajstić information content (AvgIpc) is 3.35. The second kappa shape index (κ2) is 6.96. The molecule has 0 spiro atoms. The van der Waals surface area contributed by atoms with Gasteiger partial charge in [0.25, 0.3) is 5.91 Å². The lowest BCUT2D eigenvalue weighted by molar-refractivity contribution is 0.0791. The second-order valence-electron chi connectivity index (χ2n) is 6.38. The van der Waals surface area contributed by atoms with Gasteiger partial charge in [-0.05, 0) is 42.8 Å². The summed E-state index contributed by atoms with van der Waals surface area (Å²) in [6.45, 7) is 1.41. The minimum absolute atomic E-state index is 0.0595. The number of aromatic nitrogens is 1. The van der Waals surface area contributed by atoms with E-state index in [-0.39, 0.29) is 11.8 Å². The minimum atomic E-state index is 0.0595. The Bertz CT molecular complexity index is 953. The van der Waals surface area contributed by atoms with Crippen LogP contribution in [-0.4, -0.2) is 43.1 Å². The fourth-order valence-corrected chi connectivity index (χ4v) is 4.19. The zero-order valence-corrected chi connectivity index (χ0v) is 15.6. The summed E-state index contributed by atoms with van der Waals surface area (Å²) in [6, 6.07) is 11.6. The van der Waals surface area contributed by atoms with Gasteiger partial charge in [0.1, 0.15) is 11.5 Å². The van der Waals surface area contributed by atoms with E-state index in [1.807, 2.05) is 41.3 Å². The van der Waals surface area contributed by atoms with Crippen LogP contribution in [0.2, 0.25) is 0 Å². The van der Waals surface area contributed by atoms with E-state index in [1.165, 1.54) is 0 Å². The maximum Gasteiger partial charge on any atom is 0.253 e. The number of carbonyl (C=O) groups excluding carboxylic acids is 1. The van der Waals surface area contributed by atoms with Crippen LogP contribution in [0.3, 0.4) is 0 Å². The Morgan fingerprint density at radius 1 is 1.19 bits per heavy atom. The van der Waals surface area contributed by atoms with E-state index < -0.39 is 0 Å². The summed E-state index contributed by atoms with van der Waals surface area (Å²) in [4.78, 5) is 19.1. The highest BCUT2D eigenvalue weighted by Crippen LogP contribution is 2.36. The standard InChI is InChI=1S/C20H20N2O3S/c1-24-15-4-5-18(25-2)16(10-15)14-7-8-22(11-14)20(23)13-3-6-19-17(9-13)21-12-26-19/h3-6,9-10,12,14H,7-8,11H2,1-2H3/t14-/m0/s1. The van der Waals surface area contributed by atoms with Gasteiger partial charge in [-0.1, -0.05) is 0 Å². The molecule has 6 heteroatoms. The SMILES string of the molecule is COc1ccc(OC)c([C@H]2CCN(C(=O)c3ccc4scnc4c3)C2)c1. The molecule has 3 aromatic rings. The van der Waals surface area contributed by atoms with Crippen LogP contribution in [0, 0.1) is 0 Å². The summed E-state index contributed by atoms with van der Waals surface area (Å²) in [6.07, 6.45) is 0.911. The third kappa shape index (κ3) is 3.01. The smallest absolute Gasteiger partial charge is 0.253 e. The number of ether oxygens (including phenoxy) is 2. The van der Waals surface area contributed by atoms with Gasteiger partial charge in [-0.25, -0.2) is 4.98 Å². The van der Waals surface area contributed by atoms with Crippen LogP contribution in [0.5, 0.6) is 11.5 Å². The summed E-state index contributed by atoms with van der Waals surface area (Å²) in [5, 5.41) is 0. The van der Waals surface area contributed by atoms with Gasteiger partial charge in [-0.15, -0.1) is 11.3 Å². The molecule has 0 radical (unpaired) electrons. The maximum atomic E-state index is 12.9. The van der Waals surface area contributed by atoms with Crippen molar-refractivity contribution in [3.8, 4) is 11.5 Å². The summed E-state index contributed by atoms with van der Waals surface area (Å²) in [5.74, 6) is 1.95. The van der Waals surface area contributed by atoms with Crippen LogP contribution in [0.1, 0.15) is 28.3 Å². The molecule has 0 aliphatic carbocycles.